The fraction of sp³-hybridized carbons (Fsp3) is 0.235. The van der Waals surface area contributed by atoms with E-state index in [0.717, 1.165) is 33.1 Å². The molecule has 2 amide bonds. The van der Waals surface area contributed by atoms with Crippen LogP contribution < -0.4 is 14.4 Å². The van der Waals surface area contributed by atoms with Crippen LogP contribution in [0, 0.1) is 12.7 Å². The molecule has 0 fully saturated rings. The molecule has 1 N–H and O–H groups in total. The minimum absolute atomic E-state index is 0.0694. The van der Waals surface area contributed by atoms with Gasteiger partial charge in [0, 0.05) is 19.5 Å². The van der Waals surface area contributed by atoms with Crippen LogP contribution in [-0.2, 0) is 32.6 Å². The number of methoxy groups -OCH3 is 1. The number of rotatable bonds is 13. The summed E-state index contributed by atoms with van der Waals surface area (Å²) in [5.41, 5.74) is 2.67. The lowest BCUT2D eigenvalue weighted by atomic mass is 10.0. The molecule has 44 heavy (non-hydrogen) atoms. The van der Waals surface area contributed by atoms with E-state index in [4.69, 9.17) is 4.74 Å². The van der Waals surface area contributed by atoms with Gasteiger partial charge in [0.15, 0.2) is 0 Å². The summed E-state index contributed by atoms with van der Waals surface area (Å²) in [6.07, 6.45) is 0.214. The third-order valence-electron chi connectivity index (χ3n) is 7.26. The summed E-state index contributed by atoms with van der Waals surface area (Å²) in [4.78, 5) is 29.3. The number of carbonyl (C=O) groups excluding carboxylic acids is 2. The lowest BCUT2D eigenvalue weighted by molar-refractivity contribution is -0.140. The zero-order valence-corrected chi connectivity index (χ0v) is 25.8. The Kier molecular flexibility index (Phi) is 10.7. The zero-order valence-electron chi connectivity index (χ0n) is 24.9. The molecule has 0 bridgehead atoms. The van der Waals surface area contributed by atoms with Crippen LogP contribution in [0.15, 0.2) is 108 Å². The maximum Gasteiger partial charge on any atom is 0.264 e. The fourth-order valence-electron chi connectivity index (χ4n) is 4.83. The lowest BCUT2D eigenvalue weighted by Crippen LogP contribution is -2.53. The molecule has 4 aromatic rings. The van der Waals surface area contributed by atoms with Crippen molar-refractivity contribution in [3.05, 3.63) is 126 Å². The van der Waals surface area contributed by atoms with Crippen LogP contribution in [0.1, 0.15) is 23.6 Å². The van der Waals surface area contributed by atoms with Gasteiger partial charge in [-0.25, -0.2) is 12.8 Å². The molecule has 0 aliphatic carbocycles. The molecule has 0 saturated heterocycles. The number of carbonyl (C=O) groups is 2. The van der Waals surface area contributed by atoms with E-state index in [2.05, 4.69) is 5.32 Å². The number of nitrogens with one attached hydrogen (secondary N) is 1. The summed E-state index contributed by atoms with van der Waals surface area (Å²) in [6.45, 7) is 3.50. The average Bonchev–Trinajstić information content (AvgIpc) is 3.03. The van der Waals surface area contributed by atoms with Crippen molar-refractivity contribution < 1.29 is 27.1 Å². The summed E-state index contributed by atoms with van der Waals surface area (Å²) in [5, 5.41) is 2.84. The van der Waals surface area contributed by atoms with Crippen molar-refractivity contribution in [3.8, 4) is 5.75 Å². The average molecular weight is 618 g/mol. The number of anilines is 1. The molecule has 0 saturated carbocycles. The number of aryl methyl sites for hydroxylation is 1. The van der Waals surface area contributed by atoms with Crippen LogP contribution in [0.4, 0.5) is 10.1 Å². The Labute approximate surface area is 258 Å². The van der Waals surface area contributed by atoms with E-state index in [1.54, 1.807) is 6.92 Å². The van der Waals surface area contributed by atoms with Gasteiger partial charge in [-0.3, -0.25) is 13.9 Å². The van der Waals surface area contributed by atoms with Crippen LogP contribution in [0.25, 0.3) is 0 Å². The number of ether oxygens (including phenoxy) is 1. The number of nitrogens with zero attached hydrogens (tertiary/aromatic N) is 2. The first-order valence-corrected chi connectivity index (χ1v) is 15.7. The number of halogens is 1. The Morgan fingerprint density at radius 3 is 2.14 bits per heavy atom. The van der Waals surface area contributed by atoms with Crippen molar-refractivity contribution in [1.29, 1.82) is 0 Å². The zero-order chi connectivity index (χ0) is 31.7. The molecule has 0 spiro atoms. The topological polar surface area (TPSA) is 96.0 Å². The number of hydrogen-bond acceptors (Lipinski definition) is 5. The highest BCUT2D eigenvalue weighted by Crippen LogP contribution is 2.27. The molecular formula is C34H36FN3O5S. The predicted molar refractivity (Wildman–Crippen MR) is 168 cm³/mol. The first-order valence-electron chi connectivity index (χ1n) is 14.2. The number of sulfonamides is 1. The number of amides is 2. The second-order valence-corrected chi connectivity index (χ2v) is 12.1. The van der Waals surface area contributed by atoms with E-state index in [1.165, 1.54) is 48.4 Å². The molecule has 0 heterocycles. The molecule has 0 radical (unpaired) electrons. The highest BCUT2D eigenvalue weighted by Gasteiger charge is 2.34. The van der Waals surface area contributed by atoms with Crippen LogP contribution in [0.2, 0.25) is 0 Å². The van der Waals surface area contributed by atoms with Gasteiger partial charge < -0.3 is 15.0 Å². The minimum atomic E-state index is -4.31. The van der Waals surface area contributed by atoms with Crippen LogP contribution >= 0.6 is 0 Å². The van der Waals surface area contributed by atoms with E-state index in [9.17, 15) is 22.4 Å². The first kappa shape index (κ1) is 32.2. The highest BCUT2D eigenvalue weighted by molar-refractivity contribution is 7.92. The van der Waals surface area contributed by atoms with Gasteiger partial charge in [0.1, 0.15) is 24.2 Å². The van der Waals surface area contributed by atoms with Gasteiger partial charge in [-0.2, -0.15) is 0 Å². The Hall–Kier alpha value is -4.70. The van der Waals surface area contributed by atoms with Gasteiger partial charge in [-0.15, -0.1) is 0 Å². The van der Waals surface area contributed by atoms with Crippen molar-refractivity contribution in [2.45, 2.75) is 37.8 Å². The maximum atomic E-state index is 14.4. The van der Waals surface area contributed by atoms with Gasteiger partial charge >= 0.3 is 0 Å². The quantitative estimate of drug-likeness (QED) is 0.225. The molecule has 4 aromatic carbocycles. The van der Waals surface area contributed by atoms with Gasteiger partial charge in [-0.05, 0) is 79.1 Å². The molecule has 0 unspecified atom stereocenters. The monoisotopic (exact) mass is 617 g/mol. The van der Waals surface area contributed by atoms with Crippen molar-refractivity contribution in [1.82, 2.24) is 10.2 Å². The van der Waals surface area contributed by atoms with E-state index >= 15 is 0 Å². The second kappa shape index (κ2) is 14.7. The predicted octanol–water partition coefficient (Wildman–Crippen LogP) is 5.11. The molecule has 8 nitrogen and oxygen atoms in total. The van der Waals surface area contributed by atoms with Crippen LogP contribution in [0.5, 0.6) is 5.75 Å². The summed E-state index contributed by atoms with van der Waals surface area (Å²) in [7, 11) is -2.84. The van der Waals surface area contributed by atoms with E-state index < -0.39 is 34.3 Å². The Bertz CT molecular complexity index is 1660. The van der Waals surface area contributed by atoms with Gasteiger partial charge in [-0.1, -0.05) is 54.6 Å². The molecule has 1 atom stereocenters. The van der Waals surface area contributed by atoms with E-state index in [-0.39, 0.29) is 29.5 Å². The lowest BCUT2D eigenvalue weighted by Gasteiger charge is -2.34. The van der Waals surface area contributed by atoms with Gasteiger partial charge in [0.05, 0.1) is 17.7 Å². The number of likely N-dealkylation sites (N-methyl/N-ethyl adjacent to an activating group) is 1. The van der Waals surface area contributed by atoms with Crippen LogP contribution in [0.3, 0.4) is 0 Å². The molecule has 10 heteroatoms. The molecule has 0 aliphatic heterocycles. The Morgan fingerprint density at radius 1 is 0.886 bits per heavy atom. The van der Waals surface area contributed by atoms with E-state index in [0.29, 0.717) is 12.3 Å². The fourth-order valence-corrected chi connectivity index (χ4v) is 6.24. The van der Waals surface area contributed by atoms with Crippen molar-refractivity contribution in [2.24, 2.45) is 0 Å². The highest BCUT2D eigenvalue weighted by atomic mass is 32.2. The SMILES string of the molecule is CCNC(=O)[C@H](Cc1ccccc1)N(Cc1ccccc1C)C(=O)CN(c1ccc(F)cc1)S(=O)(=O)c1ccc(OC)cc1. The smallest absolute Gasteiger partial charge is 0.264 e. The Morgan fingerprint density at radius 2 is 1.52 bits per heavy atom. The largest absolute Gasteiger partial charge is 0.497 e. The normalized spacial score (nSPS) is 11.8. The van der Waals surface area contributed by atoms with Crippen molar-refractivity contribution >= 4 is 27.5 Å². The summed E-state index contributed by atoms with van der Waals surface area (Å²) in [6, 6.07) is 26.6. The summed E-state index contributed by atoms with van der Waals surface area (Å²) < 4.78 is 48.1. The minimum Gasteiger partial charge on any atom is -0.497 e. The first-order chi connectivity index (χ1) is 21.1. The number of hydrogen-bond donors (Lipinski definition) is 1. The van der Waals surface area contributed by atoms with Crippen LogP contribution in [-0.4, -0.2) is 51.4 Å². The third kappa shape index (κ3) is 7.82. The molecule has 0 aromatic heterocycles. The molecular weight excluding hydrogens is 581 g/mol. The molecule has 4 rings (SSSR count). The summed E-state index contributed by atoms with van der Waals surface area (Å²) in [5.74, 6) is -1.04. The molecule has 230 valence electrons. The van der Waals surface area contributed by atoms with Crippen molar-refractivity contribution in [3.63, 3.8) is 0 Å². The van der Waals surface area contributed by atoms with E-state index in [1.807, 2.05) is 61.5 Å². The van der Waals surface area contributed by atoms with Crippen molar-refractivity contribution in [2.75, 3.05) is 24.5 Å². The van der Waals surface area contributed by atoms with Gasteiger partial charge in [0.2, 0.25) is 11.8 Å². The second-order valence-electron chi connectivity index (χ2n) is 10.2. The van der Waals surface area contributed by atoms with Gasteiger partial charge in [0.25, 0.3) is 10.0 Å². The molecule has 0 aliphatic rings. The summed E-state index contributed by atoms with van der Waals surface area (Å²) >= 11 is 0. The number of benzene rings is 4. The Balaban J connectivity index is 1.80. The standard InChI is InChI=1S/C34H36FN3O5S/c1-4-36-34(40)32(22-26-11-6-5-7-12-26)37(23-27-13-9-8-10-25(27)2)33(39)24-38(29-16-14-28(35)15-17-29)44(41,42)31-20-18-30(43-3)19-21-31/h5-21,32H,4,22-24H2,1-3H3,(H,36,40)/t32-/m0/s1. The maximum absolute atomic E-state index is 14.4. The third-order valence-corrected chi connectivity index (χ3v) is 9.05.